The van der Waals surface area contributed by atoms with Crippen molar-refractivity contribution < 1.29 is 14.3 Å². The summed E-state index contributed by atoms with van der Waals surface area (Å²) < 4.78 is 10.5. The third-order valence-electron chi connectivity index (χ3n) is 3.25. The minimum absolute atomic E-state index is 0.105. The van der Waals surface area contributed by atoms with E-state index < -0.39 is 5.60 Å². The van der Waals surface area contributed by atoms with E-state index in [2.05, 4.69) is 15.3 Å². The molecule has 0 aliphatic carbocycles. The van der Waals surface area contributed by atoms with E-state index in [0.29, 0.717) is 24.9 Å². The van der Waals surface area contributed by atoms with Gasteiger partial charge < -0.3 is 19.7 Å². The lowest BCUT2D eigenvalue weighted by Crippen LogP contribution is -2.47. The van der Waals surface area contributed by atoms with Crippen molar-refractivity contribution in [3.63, 3.8) is 0 Å². The van der Waals surface area contributed by atoms with Crippen LogP contribution < -0.4 is 10.1 Å². The standard InChI is InChI=1S/C15H24N4O3/c1-15(2,3)22-14(20)19-9-5-6-11(10-19)17-13-16-8-7-12(18-13)21-4/h7-8,11H,5-6,9-10H2,1-4H3,(H,16,17,18)/t11-/m1/s1. The molecule has 0 bridgehead atoms. The monoisotopic (exact) mass is 308 g/mol. The molecular formula is C15H24N4O3. The van der Waals surface area contributed by atoms with Crippen molar-refractivity contribution in [2.75, 3.05) is 25.5 Å². The second-order valence-corrected chi connectivity index (χ2v) is 6.33. The summed E-state index contributed by atoms with van der Waals surface area (Å²) in [5.74, 6) is 1.02. The summed E-state index contributed by atoms with van der Waals surface area (Å²) in [7, 11) is 1.57. The number of carbonyl (C=O) groups is 1. The number of likely N-dealkylation sites (tertiary alicyclic amines) is 1. The van der Waals surface area contributed by atoms with Crippen LogP contribution in [0.4, 0.5) is 10.7 Å². The van der Waals surface area contributed by atoms with Crippen LogP contribution in [0, 0.1) is 0 Å². The van der Waals surface area contributed by atoms with E-state index in [4.69, 9.17) is 9.47 Å². The maximum atomic E-state index is 12.1. The molecule has 2 heterocycles. The molecule has 0 aromatic carbocycles. The van der Waals surface area contributed by atoms with Gasteiger partial charge in [0.05, 0.1) is 7.11 Å². The fourth-order valence-electron chi connectivity index (χ4n) is 2.30. The second-order valence-electron chi connectivity index (χ2n) is 6.33. The van der Waals surface area contributed by atoms with Gasteiger partial charge in [-0.3, -0.25) is 0 Å². The summed E-state index contributed by atoms with van der Waals surface area (Å²) >= 11 is 0. The third kappa shape index (κ3) is 4.75. The summed E-state index contributed by atoms with van der Waals surface area (Å²) in [5, 5.41) is 3.25. The Morgan fingerprint density at radius 3 is 2.91 bits per heavy atom. The first-order valence-electron chi connectivity index (χ1n) is 7.49. The Labute approximate surface area is 131 Å². The van der Waals surface area contributed by atoms with Gasteiger partial charge in [-0.25, -0.2) is 9.78 Å². The molecule has 1 aromatic rings. The topological polar surface area (TPSA) is 76.6 Å². The molecule has 1 saturated heterocycles. The van der Waals surface area contributed by atoms with Gasteiger partial charge in [0, 0.05) is 31.4 Å². The van der Waals surface area contributed by atoms with Crippen LogP contribution in [0.15, 0.2) is 12.3 Å². The van der Waals surface area contributed by atoms with E-state index in [0.717, 1.165) is 12.8 Å². The Kier molecular flexibility index (Phi) is 5.05. The Hall–Kier alpha value is -2.05. The highest BCUT2D eigenvalue weighted by Crippen LogP contribution is 2.18. The van der Waals surface area contributed by atoms with Gasteiger partial charge >= 0.3 is 6.09 Å². The summed E-state index contributed by atoms with van der Waals surface area (Å²) in [6.45, 7) is 6.90. The van der Waals surface area contributed by atoms with E-state index in [1.807, 2.05) is 20.8 Å². The van der Waals surface area contributed by atoms with Gasteiger partial charge in [-0.2, -0.15) is 4.98 Å². The van der Waals surface area contributed by atoms with Gasteiger partial charge in [-0.05, 0) is 33.6 Å². The number of nitrogens with zero attached hydrogens (tertiary/aromatic N) is 3. The molecule has 7 heteroatoms. The van der Waals surface area contributed by atoms with Crippen LogP contribution in [-0.2, 0) is 4.74 Å². The van der Waals surface area contributed by atoms with Crippen molar-refractivity contribution in [3.8, 4) is 5.88 Å². The summed E-state index contributed by atoms with van der Waals surface area (Å²) in [6, 6.07) is 1.80. The predicted molar refractivity (Wildman–Crippen MR) is 83.0 cm³/mol. The van der Waals surface area contributed by atoms with E-state index in [9.17, 15) is 4.79 Å². The van der Waals surface area contributed by atoms with Crippen LogP contribution >= 0.6 is 0 Å². The zero-order valence-corrected chi connectivity index (χ0v) is 13.6. The number of piperidine rings is 1. The Morgan fingerprint density at radius 2 is 2.23 bits per heavy atom. The Balaban J connectivity index is 1.94. The molecule has 1 amide bonds. The fourth-order valence-corrected chi connectivity index (χ4v) is 2.30. The number of amides is 1. The minimum atomic E-state index is -0.479. The normalized spacial score (nSPS) is 18.7. The predicted octanol–water partition coefficient (Wildman–Crippen LogP) is 2.30. The van der Waals surface area contributed by atoms with E-state index in [1.54, 1.807) is 24.3 Å². The highest BCUT2D eigenvalue weighted by molar-refractivity contribution is 5.68. The second kappa shape index (κ2) is 6.81. The van der Waals surface area contributed by atoms with Crippen molar-refractivity contribution >= 4 is 12.0 Å². The number of rotatable bonds is 3. The Morgan fingerprint density at radius 1 is 1.45 bits per heavy atom. The molecule has 0 spiro atoms. The number of nitrogens with one attached hydrogen (secondary N) is 1. The number of hydrogen-bond donors (Lipinski definition) is 1. The van der Waals surface area contributed by atoms with Gasteiger partial charge in [0.2, 0.25) is 11.8 Å². The van der Waals surface area contributed by atoms with Crippen molar-refractivity contribution in [2.24, 2.45) is 0 Å². The molecular weight excluding hydrogens is 284 g/mol. The lowest BCUT2D eigenvalue weighted by Gasteiger charge is -2.34. The molecule has 1 fully saturated rings. The molecule has 1 N–H and O–H groups in total. The zero-order chi connectivity index (χ0) is 16.2. The summed E-state index contributed by atoms with van der Waals surface area (Å²) in [6.07, 6.45) is 3.24. The molecule has 1 aliphatic heterocycles. The quantitative estimate of drug-likeness (QED) is 0.923. The highest BCUT2D eigenvalue weighted by Gasteiger charge is 2.27. The third-order valence-corrected chi connectivity index (χ3v) is 3.25. The average molecular weight is 308 g/mol. The van der Waals surface area contributed by atoms with E-state index in [-0.39, 0.29) is 12.1 Å². The maximum absolute atomic E-state index is 12.1. The van der Waals surface area contributed by atoms with Gasteiger partial charge in [-0.1, -0.05) is 0 Å². The van der Waals surface area contributed by atoms with Crippen molar-refractivity contribution in [1.82, 2.24) is 14.9 Å². The van der Waals surface area contributed by atoms with Crippen LogP contribution in [0.1, 0.15) is 33.6 Å². The minimum Gasteiger partial charge on any atom is -0.481 e. The van der Waals surface area contributed by atoms with Crippen LogP contribution in [0.2, 0.25) is 0 Å². The SMILES string of the molecule is COc1ccnc(N[C@@H]2CCCN(C(=O)OC(C)(C)C)C2)n1. The lowest BCUT2D eigenvalue weighted by molar-refractivity contribution is 0.0206. The molecule has 7 nitrogen and oxygen atoms in total. The largest absolute Gasteiger partial charge is 0.481 e. The van der Waals surface area contributed by atoms with Gasteiger partial charge in [0.15, 0.2) is 0 Å². The van der Waals surface area contributed by atoms with Crippen molar-refractivity contribution in [1.29, 1.82) is 0 Å². The number of hydrogen-bond acceptors (Lipinski definition) is 6. The number of anilines is 1. The molecule has 122 valence electrons. The summed E-state index contributed by atoms with van der Waals surface area (Å²) in [5.41, 5.74) is -0.479. The average Bonchev–Trinajstić information content (AvgIpc) is 2.46. The van der Waals surface area contributed by atoms with Crippen molar-refractivity contribution in [2.45, 2.75) is 45.3 Å². The molecule has 0 radical (unpaired) electrons. The number of methoxy groups -OCH3 is 1. The smallest absolute Gasteiger partial charge is 0.410 e. The van der Waals surface area contributed by atoms with E-state index >= 15 is 0 Å². The van der Waals surface area contributed by atoms with Crippen LogP contribution in [0.25, 0.3) is 0 Å². The first-order chi connectivity index (χ1) is 10.4. The molecule has 1 aromatic heterocycles. The number of ether oxygens (including phenoxy) is 2. The maximum Gasteiger partial charge on any atom is 0.410 e. The number of aromatic nitrogens is 2. The van der Waals surface area contributed by atoms with Gasteiger partial charge in [0.25, 0.3) is 0 Å². The first kappa shape index (κ1) is 16.3. The van der Waals surface area contributed by atoms with Gasteiger partial charge in [0.1, 0.15) is 5.60 Å². The van der Waals surface area contributed by atoms with Crippen molar-refractivity contribution in [3.05, 3.63) is 12.3 Å². The lowest BCUT2D eigenvalue weighted by atomic mass is 10.1. The van der Waals surface area contributed by atoms with Crippen LogP contribution in [0.5, 0.6) is 5.88 Å². The molecule has 1 atom stereocenters. The molecule has 0 saturated carbocycles. The van der Waals surface area contributed by atoms with Crippen LogP contribution in [0.3, 0.4) is 0 Å². The Bertz CT molecular complexity index is 516. The van der Waals surface area contributed by atoms with Gasteiger partial charge in [-0.15, -0.1) is 0 Å². The molecule has 2 rings (SSSR count). The molecule has 1 aliphatic rings. The first-order valence-corrected chi connectivity index (χ1v) is 7.49. The van der Waals surface area contributed by atoms with E-state index in [1.165, 1.54) is 0 Å². The molecule has 22 heavy (non-hydrogen) atoms. The fraction of sp³-hybridized carbons (Fsp3) is 0.667. The highest BCUT2D eigenvalue weighted by atomic mass is 16.6. The zero-order valence-electron chi connectivity index (χ0n) is 13.6. The summed E-state index contributed by atoms with van der Waals surface area (Å²) in [4.78, 5) is 22.3. The van der Waals surface area contributed by atoms with Crippen LogP contribution in [-0.4, -0.2) is 52.8 Å². The molecule has 0 unspecified atom stereocenters. The number of carbonyl (C=O) groups excluding carboxylic acids is 1.